The third kappa shape index (κ3) is 1.87. The second-order valence-electron chi connectivity index (χ2n) is 2.06. The lowest BCUT2D eigenvalue weighted by Gasteiger charge is -2.04. The molecule has 0 spiro atoms. The molecule has 0 saturated carbocycles. The van der Waals surface area contributed by atoms with Crippen LogP contribution in [0.2, 0.25) is 5.02 Å². The van der Waals surface area contributed by atoms with Gasteiger partial charge in [0.15, 0.2) is 0 Å². The summed E-state index contributed by atoms with van der Waals surface area (Å²) in [5.74, 6) is 0.244. The monoisotopic (exact) mass is 252 g/mol. The molecule has 11 heavy (non-hydrogen) atoms. The number of hydrogen-bond donors (Lipinski definition) is 1. The standard InChI is InChI=1S/C7H7BrClOP/c8-5-1-2-6(10)4(3-11)7(5)9/h1-2,10H,3,11H2. The fourth-order valence-corrected chi connectivity index (χ4v) is 1.93. The molecule has 1 atom stereocenters. The van der Waals surface area contributed by atoms with E-state index < -0.39 is 0 Å². The highest BCUT2D eigenvalue weighted by Gasteiger charge is 2.06. The summed E-state index contributed by atoms with van der Waals surface area (Å²) in [5, 5.41) is 9.88. The number of rotatable bonds is 1. The Morgan fingerprint density at radius 3 is 2.64 bits per heavy atom. The Kier molecular flexibility index (Phi) is 3.17. The van der Waals surface area contributed by atoms with Gasteiger partial charge in [-0.15, -0.1) is 9.24 Å². The van der Waals surface area contributed by atoms with Crippen LogP contribution in [-0.2, 0) is 6.16 Å². The van der Waals surface area contributed by atoms with Gasteiger partial charge in [0.25, 0.3) is 0 Å². The Labute approximate surface area is 81.1 Å². The third-order valence-corrected chi connectivity index (χ3v) is 3.10. The summed E-state index contributed by atoms with van der Waals surface area (Å²) >= 11 is 9.15. The highest BCUT2D eigenvalue weighted by atomic mass is 79.9. The first kappa shape index (κ1) is 9.31. The minimum Gasteiger partial charge on any atom is -0.508 e. The average Bonchev–Trinajstić information content (AvgIpc) is 1.99. The van der Waals surface area contributed by atoms with Crippen molar-refractivity contribution in [3.05, 3.63) is 27.2 Å². The van der Waals surface area contributed by atoms with Gasteiger partial charge in [-0.3, -0.25) is 0 Å². The molecule has 1 aromatic rings. The molecule has 1 aromatic carbocycles. The van der Waals surface area contributed by atoms with E-state index in [1.165, 1.54) is 0 Å². The van der Waals surface area contributed by atoms with Crippen molar-refractivity contribution in [3.63, 3.8) is 0 Å². The van der Waals surface area contributed by atoms with E-state index in [9.17, 15) is 5.11 Å². The molecule has 60 valence electrons. The van der Waals surface area contributed by atoms with Crippen LogP contribution in [0.1, 0.15) is 5.56 Å². The maximum atomic E-state index is 9.30. The average molecular weight is 253 g/mol. The molecule has 1 rings (SSSR count). The molecule has 0 aliphatic rings. The zero-order valence-corrected chi connectivity index (χ0v) is 9.14. The minimum absolute atomic E-state index is 0.244. The number of halogens is 2. The van der Waals surface area contributed by atoms with Crippen molar-refractivity contribution in [3.8, 4) is 5.75 Å². The Balaban J connectivity index is 3.29. The maximum Gasteiger partial charge on any atom is 0.120 e. The van der Waals surface area contributed by atoms with Gasteiger partial charge in [0.2, 0.25) is 0 Å². The van der Waals surface area contributed by atoms with Crippen LogP contribution in [0.3, 0.4) is 0 Å². The second kappa shape index (κ2) is 3.75. The van der Waals surface area contributed by atoms with Gasteiger partial charge < -0.3 is 5.11 Å². The van der Waals surface area contributed by atoms with Crippen LogP contribution in [0.25, 0.3) is 0 Å². The Morgan fingerprint density at radius 1 is 1.55 bits per heavy atom. The van der Waals surface area contributed by atoms with Crippen molar-refractivity contribution in [2.45, 2.75) is 6.16 Å². The molecule has 0 radical (unpaired) electrons. The van der Waals surface area contributed by atoms with Crippen molar-refractivity contribution < 1.29 is 5.11 Å². The van der Waals surface area contributed by atoms with Crippen LogP contribution in [0, 0.1) is 0 Å². The predicted molar refractivity (Wildman–Crippen MR) is 54.2 cm³/mol. The largest absolute Gasteiger partial charge is 0.508 e. The fraction of sp³-hybridized carbons (Fsp3) is 0.143. The van der Waals surface area contributed by atoms with E-state index in [0.29, 0.717) is 11.2 Å². The van der Waals surface area contributed by atoms with Gasteiger partial charge >= 0.3 is 0 Å². The van der Waals surface area contributed by atoms with E-state index in [4.69, 9.17) is 11.6 Å². The summed E-state index contributed by atoms with van der Waals surface area (Å²) in [6.45, 7) is 0. The zero-order chi connectivity index (χ0) is 8.43. The van der Waals surface area contributed by atoms with Gasteiger partial charge in [0, 0.05) is 10.0 Å². The van der Waals surface area contributed by atoms with E-state index in [1.54, 1.807) is 12.1 Å². The summed E-state index contributed by atoms with van der Waals surface area (Å²) in [5.41, 5.74) is 0.756. The molecule has 0 saturated heterocycles. The smallest absolute Gasteiger partial charge is 0.120 e. The summed E-state index contributed by atoms with van der Waals surface area (Å²) in [6.07, 6.45) is 0.657. The first-order valence-electron chi connectivity index (χ1n) is 3.02. The van der Waals surface area contributed by atoms with Gasteiger partial charge in [0.05, 0.1) is 5.02 Å². The van der Waals surface area contributed by atoms with Crippen molar-refractivity contribution >= 4 is 36.8 Å². The molecular formula is C7H7BrClOP. The van der Waals surface area contributed by atoms with Gasteiger partial charge in [-0.1, -0.05) is 11.6 Å². The minimum atomic E-state index is 0.244. The van der Waals surface area contributed by atoms with Gasteiger partial charge in [-0.2, -0.15) is 0 Å². The number of phenols is 1. The van der Waals surface area contributed by atoms with Crippen LogP contribution < -0.4 is 0 Å². The van der Waals surface area contributed by atoms with Gasteiger partial charge in [-0.05, 0) is 34.2 Å². The van der Waals surface area contributed by atoms with Gasteiger partial charge in [-0.25, -0.2) is 0 Å². The number of hydrogen-bond acceptors (Lipinski definition) is 1. The number of phenolic OH excluding ortho intramolecular Hbond substituents is 1. The lowest BCUT2D eigenvalue weighted by atomic mass is 10.2. The molecule has 4 heteroatoms. The number of benzene rings is 1. The summed E-state index contributed by atoms with van der Waals surface area (Å²) in [4.78, 5) is 0. The predicted octanol–water partition coefficient (Wildman–Crippen LogP) is 3.18. The SMILES string of the molecule is Oc1ccc(Br)c(Cl)c1CP. The fourth-order valence-electron chi connectivity index (χ4n) is 0.777. The zero-order valence-electron chi connectivity index (χ0n) is 5.64. The Bertz CT molecular complexity index is 277. The van der Waals surface area contributed by atoms with Crippen LogP contribution >= 0.6 is 36.8 Å². The molecule has 0 aliphatic carbocycles. The van der Waals surface area contributed by atoms with Crippen molar-refractivity contribution in [1.82, 2.24) is 0 Å². The molecule has 0 heterocycles. The van der Waals surface area contributed by atoms with Crippen LogP contribution in [0.4, 0.5) is 0 Å². The molecule has 0 amide bonds. The van der Waals surface area contributed by atoms with Crippen LogP contribution in [0.5, 0.6) is 5.75 Å². The van der Waals surface area contributed by atoms with Crippen molar-refractivity contribution in [2.24, 2.45) is 0 Å². The van der Waals surface area contributed by atoms with Crippen molar-refractivity contribution in [1.29, 1.82) is 0 Å². The topological polar surface area (TPSA) is 20.2 Å². The van der Waals surface area contributed by atoms with E-state index in [-0.39, 0.29) is 5.75 Å². The van der Waals surface area contributed by atoms with E-state index >= 15 is 0 Å². The molecule has 0 aromatic heterocycles. The summed E-state index contributed by atoms with van der Waals surface area (Å²) < 4.78 is 0.814. The quantitative estimate of drug-likeness (QED) is 0.762. The second-order valence-corrected chi connectivity index (χ2v) is 3.70. The summed E-state index contributed by atoms with van der Waals surface area (Å²) in [7, 11) is 2.52. The molecule has 1 N–H and O–H groups in total. The normalized spacial score (nSPS) is 10.1. The van der Waals surface area contributed by atoms with Gasteiger partial charge in [0.1, 0.15) is 5.75 Å². The number of aromatic hydroxyl groups is 1. The highest BCUT2D eigenvalue weighted by Crippen LogP contribution is 2.33. The van der Waals surface area contributed by atoms with E-state index in [0.717, 1.165) is 10.0 Å². The van der Waals surface area contributed by atoms with Crippen LogP contribution in [0.15, 0.2) is 16.6 Å². The Morgan fingerprint density at radius 2 is 2.18 bits per heavy atom. The first-order chi connectivity index (χ1) is 5.16. The Hall–Kier alpha value is 0.220. The lowest BCUT2D eigenvalue weighted by molar-refractivity contribution is 0.470. The molecule has 0 bridgehead atoms. The maximum absolute atomic E-state index is 9.30. The molecule has 1 nitrogen and oxygen atoms in total. The lowest BCUT2D eigenvalue weighted by Crippen LogP contribution is -1.81. The van der Waals surface area contributed by atoms with Crippen molar-refractivity contribution in [2.75, 3.05) is 0 Å². The first-order valence-corrected chi connectivity index (χ1v) is 5.01. The van der Waals surface area contributed by atoms with E-state index in [2.05, 4.69) is 25.2 Å². The highest BCUT2D eigenvalue weighted by molar-refractivity contribution is 9.10. The van der Waals surface area contributed by atoms with Crippen LogP contribution in [-0.4, -0.2) is 5.11 Å². The molecular weight excluding hydrogens is 246 g/mol. The molecule has 0 aliphatic heterocycles. The molecule has 0 fully saturated rings. The third-order valence-electron chi connectivity index (χ3n) is 1.38. The summed E-state index contributed by atoms with van der Waals surface area (Å²) in [6, 6.07) is 3.34. The van der Waals surface area contributed by atoms with E-state index in [1.807, 2.05) is 0 Å². The molecule has 1 unspecified atom stereocenters.